The van der Waals surface area contributed by atoms with Gasteiger partial charge in [0.05, 0.1) is 32.5 Å². The van der Waals surface area contributed by atoms with Crippen molar-refractivity contribution in [2.24, 2.45) is 5.92 Å². The molecule has 1 amide bonds. The van der Waals surface area contributed by atoms with Crippen LogP contribution in [0.3, 0.4) is 0 Å². The third-order valence-corrected chi connectivity index (χ3v) is 4.19. The van der Waals surface area contributed by atoms with Gasteiger partial charge in [0.15, 0.2) is 0 Å². The van der Waals surface area contributed by atoms with Crippen molar-refractivity contribution in [2.45, 2.75) is 20.8 Å². The van der Waals surface area contributed by atoms with Crippen LogP contribution in [-0.2, 0) is 14.3 Å². The number of nitrogens with zero attached hydrogens (tertiary/aromatic N) is 1. The molecular formula is C20H25NO5. The third-order valence-electron chi connectivity index (χ3n) is 4.19. The van der Waals surface area contributed by atoms with Crippen LogP contribution in [0.25, 0.3) is 6.08 Å². The normalized spacial score (nSPS) is 15.9. The molecule has 1 heterocycles. The van der Waals surface area contributed by atoms with E-state index < -0.39 is 5.97 Å². The second kappa shape index (κ2) is 8.08. The lowest BCUT2D eigenvalue weighted by Gasteiger charge is -2.20. The molecule has 0 bridgehead atoms. The van der Waals surface area contributed by atoms with Crippen LogP contribution in [0.15, 0.2) is 35.0 Å². The number of amides is 1. The predicted molar refractivity (Wildman–Crippen MR) is 98.8 cm³/mol. The number of carbonyl (C=O) groups excluding carboxylic acids is 2. The van der Waals surface area contributed by atoms with Gasteiger partial charge in [-0.25, -0.2) is 4.79 Å². The first-order valence-electron chi connectivity index (χ1n) is 8.39. The summed E-state index contributed by atoms with van der Waals surface area (Å²) in [6, 6.07) is 5.29. The van der Waals surface area contributed by atoms with Gasteiger partial charge in [-0.3, -0.25) is 4.79 Å². The van der Waals surface area contributed by atoms with Gasteiger partial charge in [-0.05, 0) is 31.1 Å². The van der Waals surface area contributed by atoms with E-state index in [9.17, 15) is 9.59 Å². The number of hydrogen-bond donors (Lipinski definition) is 0. The molecule has 0 N–H and O–H groups in total. The first kappa shape index (κ1) is 19.6. The summed E-state index contributed by atoms with van der Waals surface area (Å²) in [5.74, 6) is 0.718. The number of benzene rings is 1. The lowest BCUT2D eigenvalue weighted by Crippen LogP contribution is -2.28. The Labute approximate surface area is 154 Å². The Kier molecular flexibility index (Phi) is 6.08. The molecule has 0 atom stereocenters. The van der Waals surface area contributed by atoms with Crippen molar-refractivity contribution in [1.29, 1.82) is 0 Å². The molecule has 0 aliphatic carbocycles. The van der Waals surface area contributed by atoms with E-state index in [1.54, 1.807) is 50.3 Å². The van der Waals surface area contributed by atoms with Crippen LogP contribution in [0.5, 0.6) is 11.5 Å². The fourth-order valence-corrected chi connectivity index (χ4v) is 2.91. The number of ether oxygens (including phenoxy) is 3. The van der Waals surface area contributed by atoms with Crippen LogP contribution < -0.4 is 9.47 Å². The van der Waals surface area contributed by atoms with E-state index in [-0.39, 0.29) is 17.4 Å². The van der Waals surface area contributed by atoms with Crippen molar-refractivity contribution in [2.75, 3.05) is 27.9 Å². The molecule has 0 unspecified atom stereocenters. The van der Waals surface area contributed by atoms with Crippen LogP contribution in [0.1, 0.15) is 26.3 Å². The van der Waals surface area contributed by atoms with Crippen molar-refractivity contribution < 1.29 is 23.8 Å². The van der Waals surface area contributed by atoms with Crippen LogP contribution in [0.4, 0.5) is 0 Å². The van der Waals surface area contributed by atoms with Gasteiger partial charge >= 0.3 is 5.97 Å². The molecule has 0 radical (unpaired) electrons. The molecule has 1 aromatic rings. The maximum absolute atomic E-state index is 13.0. The maximum atomic E-state index is 13.0. The molecule has 6 nitrogen and oxygen atoms in total. The minimum absolute atomic E-state index is 0.213. The topological polar surface area (TPSA) is 65.1 Å². The Balaban J connectivity index is 2.57. The molecule has 0 saturated heterocycles. The maximum Gasteiger partial charge on any atom is 0.340 e. The van der Waals surface area contributed by atoms with E-state index in [2.05, 4.69) is 0 Å². The fourth-order valence-electron chi connectivity index (χ4n) is 2.91. The molecular weight excluding hydrogens is 334 g/mol. The Morgan fingerprint density at radius 1 is 1.19 bits per heavy atom. The number of allylic oxidation sites excluding steroid dienone is 1. The van der Waals surface area contributed by atoms with Crippen LogP contribution in [0, 0.1) is 5.92 Å². The molecule has 1 aliphatic rings. The SMILES string of the molecule is COC(=O)C1=C(C)N(CC(C)C)C(=O)/C1=C/c1ccc(OC)cc1OC. The highest BCUT2D eigenvalue weighted by atomic mass is 16.5. The molecule has 140 valence electrons. The number of esters is 1. The summed E-state index contributed by atoms with van der Waals surface area (Å²) in [6.45, 7) is 6.33. The number of methoxy groups -OCH3 is 3. The highest BCUT2D eigenvalue weighted by Gasteiger charge is 2.37. The van der Waals surface area contributed by atoms with E-state index in [0.717, 1.165) is 0 Å². The molecule has 1 aliphatic heterocycles. The fraction of sp³-hybridized carbons (Fsp3) is 0.400. The highest BCUT2D eigenvalue weighted by Crippen LogP contribution is 2.34. The Bertz CT molecular complexity index is 776. The lowest BCUT2D eigenvalue weighted by molar-refractivity contribution is -0.136. The largest absolute Gasteiger partial charge is 0.497 e. The van der Waals surface area contributed by atoms with Gasteiger partial charge in [-0.1, -0.05) is 13.8 Å². The quantitative estimate of drug-likeness (QED) is 0.577. The molecule has 6 heteroatoms. The molecule has 0 saturated carbocycles. The van der Waals surface area contributed by atoms with Gasteiger partial charge in [-0.15, -0.1) is 0 Å². The molecule has 1 aromatic carbocycles. The summed E-state index contributed by atoms with van der Waals surface area (Å²) in [7, 11) is 4.42. The zero-order valence-electron chi connectivity index (χ0n) is 16.1. The van der Waals surface area contributed by atoms with Gasteiger partial charge in [0.25, 0.3) is 5.91 Å². The van der Waals surface area contributed by atoms with E-state index in [4.69, 9.17) is 14.2 Å². The summed E-state index contributed by atoms with van der Waals surface area (Å²) in [6.07, 6.45) is 1.66. The van der Waals surface area contributed by atoms with Crippen molar-refractivity contribution in [3.63, 3.8) is 0 Å². The third kappa shape index (κ3) is 3.74. The number of rotatable bonds is 6. The summed E-state index contributed by atoms with van der Waals surface area (Å²) < 4.78 is 15.5. The molecule has 2 rings (SSSR count). The van der Waals surface area contributed by atoms with Gasteiger partial charge in [0.2, 0.25) is 0 Å². The van der Waals surface area contributed by atoms with Gasteiger partial charge in [-0.2, -0.15) is 0 Å². The zero-order valence-corrected chi connectivity index (χ0v) is 16.1. The van der Waals surface area contributed by atoms with Gasteiger partial charge in [0, 0.05) is 23.9 Å². The minimum atomic E-state index is -0.527. The standard InChI is InChI=1S/C20H25NO5/c1-12(2)11-21-13(3)18(20(23)26-6)16(19(21)22)9-14-7-8-15(24-4)10-17(14)25-5/h7-10,12H,11H2,1-6H3/b16-9+. The Hall–Kier alpha value is -2.76. The summed E-state index contributed by atoms with van der Waals surface area (Å²) in [5.41, 5.74) is 1.88. The van der Waals surface area contributed by atoms with Gasteiger partial charge < -0.3 is 19.1 Å². The Morgan fingerprint density at radius 2 is 1.88 bits per heavy atom. The Morgan fingerprint density at radius 3 is 2.42 bits per heavy atom. The van der Waals surface area contributed by atoms with E-state index in [0.29, 0.717) is 34.9 Å². The van der Waals surface area contributed by atoms with E-state index >= 15 is 0 Å². The highest BCUT2D eigenvalue weighted by molar-refractivity contribution is 6.16. The van der Waals surface area contributed by atoms with Crippen molar-refractivity contribution in [1.82, 2.24) is 4.90 Å². The molecule has 26 heavy (non-hydrogen) atoms. The molecule has 0 fully saturated rings. The molecule has 0 aromatic heterocycles. The second-order valence-corrected chi connectivity index (χ2v) is 6.43. The van der Waals surface area contributed by atoms with E-state index in [1.807, 2.05) is 13.8 Å². The summed E-state index contributed by atoms with van der Waals surface area (Å²) in [5, 5.41) is 0. The van der Waals surface area contributed by atoms with Crippen LogP contribution >= 0.6 is 0 Å². The minimum Gasteiger partial charge on any atom is -0.497 e. The van der Waals surface area contributed by atoms with Crippen LogP contribution in [0.2, 0.25) is 0 Å². The van der Waals surface area contributed by atoms with E-state index in [1.165, 1.54) is 7.11 Å². The smallest absolute Gasteiger partial charge is 0.340 e. The predicted octanol–water partition coefficient (Wildman–Crippen LogP) is 3.03. The van der Waals surface area contributed by atoms with Crippen molar-refractivity contribution >= 4 is 18.0 Å². The second-order valence-electron chi connectivity index (χ2n) is 6.43. The average molecular weight is 359 g/mol. The zero-order chi connectivity index (χ0) is 19.4. The molecule has 0 spiro atoms. The summed E-state index contributed by atoms with van der Waals surface area (Å²) in [4.78, 5) is 26.9. The lowest BCUT2D eigenvalue weighted by atomic mass is 10.0. The first-order chi connectivity index (χ1) is 12.3. The van der Waals surface area contributed by atoms with Gasteiger partial charge in [0.1, 0.15) is 11.5 Å². The number of carbonyl (C=O) groups is 2. The number of hydrogen-bond acceptors (Lipinski definition) is 5. The monoisotopic (exact) mass is 359 g/mol. The van der Waals surface area contributed by atoms with Crippen molar-refractivity contribution in [3.8, 4) is 11.5 Å². The summed E-state index contributed by atoms with van der Waals surface area (Å²) >= 11 is 0. The first-order valence-corrected chi connectivity index (χ1v) is 8.39. The van der Waals surface area contributed by atoms with Crippen molar-refractivity contribution in [3.05, 3.63) is 40.6 Å². The average Bonchev–Trinajstić information content (AvgIpc) is 2.85. The van der Waals surface area contributed by atoms with Crippen LogP contribution in [-0.4, -0.2) is 44.7 Å².